The maximum atomic E-state index is 11.1. The molecule has 70 valence electrons. The number of nitrogens with one attached hydrogen (secondary N) is 2. The van der Waals surface area contributed by atoms with Gasteiger partial charge in [0.2, 0.25) is 11.7 Å². The Kier molecular flexibility index (Phi) is 2.79. The van der Waals surface area contributed by atoms with Crippen molar-refractivity contribution >= 4 is 11.7 Å². The molecule has 1 aromatic heterocycles. The quantitative estimate of drug-likeness (QED) is 0.608. The fourth-order valence-corrected chi connectivity index (χ4v) is 0.811. The Hall–Kier alpha value is -1.65. The largest absolute Gasteiger partial charge is 0.497 e. The van der Waals surface area contributed by atoms with Crippen LogP contribution in [0.4, 0.5) is 5.82 Å². The van der Waals surface area contributed by atoms with Gasteiger partial charge in [0.25, 0.3) is 0 Å². The van der Waals surface area contributed by atoms with Crippen LogP contribution in [-0.4, -0.2) is 10.9 Å². The van der Waals surface area contributed by atoms with E-state index in [0.29, 0.717) is 12.2 Å². The summed E-state index contributed by atoms with van der Waals surface area (Å²) in [6.07, 6.45) is 1.98. The van der Waals surface area contributed by atoms with E-state index in [1.165, 1.54) is 4.57 Å². The summed E-state index contributed by atoms with van der Waals surface area (Å²) in [5.41, 5.74) is -0.256. The predicted octanol–water partition coefficient (Wildman–Crippen LogP) is -0.452. The third kappa shape index (κ3) is 2.40. The van der Waals surface area contributed by atoms with E-state index >= 15 is 0 Å². The van der Waals surface area contributed by atoms with Crippen molar-refractivity contribution in [1.82, 2.24) is 4.98 Å². The maximum absolute atomic E-state index is 11.1. The Morgan fingerprint density at radius 3 is 2.92 bits per heavy atom. The molecule has 0 radical (unpaired) electrons. The molecular weight excluding hydrogens is 170 g/mol. The molecule has 1 aromatic rings. The van der Waals surface area contributed by atoms with Gasteiger partial charge in [-0.05, 0) is 0 Å². The molecule has 0 aromatic carbocycles. The second-order valence-corrected chi connectivity index (χ2v) is 2.67. The van der Waals surface area contributed by atoms with Crippen LogP contribution in [0.2, 0.25) is 0 Å². The van der Waals surface area contributed by atoms with Crippen molar-refractivity contribution in [2.24, 2.45) is 7.05 Å². The number of hydrogen-bond donors (Lipinski definition) is 2. The van der Waals surface area contributed by atoms with Crippen molar-refractivity contribution in [3.8, 4) is 0 Å². The van der Waals surface area contributed by atoms with E-state index < -0.39 is 0 Å². The molecule has 0 unspecified atom stereocenters. The van der Waals surface area contributed by atoms with Gasteiger partial charge >= 0.3 is 5.69 Å². The monoisotopic (exact) mass is 182 g/mol. The van der Waals surface area contributed by atoms with Crippen LogP contribution < -0.4 is 15.6 Å². The van der Waals surface area contributed by atoms with Gasteiger partial charge in [-0.1, -0.05) is 6.92 Å². The second kappa shape index (κ2) is 3.84. The molecule has 0 fully saturated rings. The molecule has 0 spiro atoms. The lowest BCUT2D eigenvalue weighted by atomic mass is 10.4. The van der Waals surface area contributed by atoms with E-state index in [0.717, 1.165) is 0 Å². The van der Waals surface area contributed by atoms with E-state index in [2.05, 4.69) is 10.3 Å². The smallest absolute Gasteiger partial charge is 0.293 e. The summed E-state index contributed by atoms with van der Waals surface area (Å²) in [4.78, 5) is 24.5. The van der Waals surface area contributed by atoms with Crippen molar-refractivity contribution < 1.29 is 9.36 Å². The highest BCUT2D eigenvalue weighted by Gasteiger charge is 2.05. The minimum absolute atomic E-state index is 0.121. The Morgan fingerprint density at radius 2 is 2.38 bits per heavy atom. The van der Waals surface area contributed by atoms with Gasteiger partial charge in [0.1, 0.15) is 0 Å². The van der Waals surface area contributed by atoms with E-state index in [-0.39, 0.29) is 11.6 Å². The van der Waals surface area contributed by atoms with Crippen LogP contribution in [0.5, 0.6) is 0 Å². The van der Waals surface area contributed by atoms with Crippen molar-refractivity contribution in [2.45, 2.75) is 13.3 Å². The highest BCUT2D eigenvalue weighted by Crippen LogP contribution is 1.95. The zero-order chi connectivity index (χ0) is 9.84. The Bertz CT molecular complexity index is 370. The highest BCUT2D eigenvalue weighted by molar-refractivity contribution is 5.89. The van der Waals surface area contributed by atoms with Crippen molar-refractivity contribution in [1.29, 1.82) is 0 Å². The number of H-pyrrole nitrogens is 1. The molecule has 0 saturated carbocycles. The van der Waals surface area contributed by atoms with Crippen LogP contribution in [0.3, 0.4) is 0 Å². The van der Waals surface area contributed by atoms with Gasteiger partial charge in [-0.2, -0.15) is 9.78 Å². The van der Waals surface area contributed by atoms with Crippen molar-refractivity contribution in [2.75, 3.05) is 5.32 Å². The van der Waals surface area contributed by atoms with Crippen molar-refractivity contribution in [3.05, 3.63) is 22.7 Å². The SMILES string of the molecule is CCC(=O)Nc1cc[n+](C)c(=O)[nH]1. The first-order valence-corrected chi connectivity index (χ1v) is 4.02. The molecule has 0 aliphatic heterocycles. The number of aromatic nitrogens is 2. The zero-order valence-corrected chi connectivity index (χ0v) is 7.63. The summed E-state index contributed by atoms with van der Waals surface area (Å²) in [5, 5.41) is 2.55. The fraction of sp³-hybridized carbons (Fsp3) is 0.375. The summed E-state index contributed by atoms with van der Waals surface area (Å²) in [7, 11) is 1.63. The molecule has 5 nitrogen and oxygen atoms in total. The number of carbonyl (C=O) groups is 1. The lowest BCUT2D eigenvalue weighted by Crippen LogP contribution is -2.47. The summed E-state index contributed by atoms with van der Waals surface area (Å²) >= 11 is 0. The Morgan fingerprint density at radius 1 is 1.69 bits per heavy atom. The molecule has 1 rings (SSSR count). The predicted molar refractivity (Wildman–Crippen MR) is 47.2 cm³/mol. The lowest BCUT2D eigenvalue weighted by molar-refractivity contribution is -0.689. The van der Waals surface area contributed by atoms with Gasteiger partial charge in [0.15, 0.2) is 0 Å². The van der Waals surface area contributed by atoms with Crippen LogP contribution in [0, 0.1) is 0 Å². The summed E-state index contributed by atoms with van der Waals surface area (Å²) < 4.78 is 1.39. The molecule has 5 heteroatoms. The molecule has 1 heterocycles. The zero-order valence-electron chi connectivity index (χ0n) is 7.63. The van der Waals surface area contributed by atoms with Gasteiger partial charge in [-0.25, -0.2) is 4.57 Å². The van der Waals surface area contributed by atoms with Gasteiger partial charge in [-0.3, -0.25) is 10.1 Å². The Labute approximate surface area is 75.4 Å². The molecule has 0 bridgehead atoms. The topological polar surface area (TPSA) is 65.8 Å². The maximum Gasteiger partial charge on any atom is 0.497 e. The molecule has 2 N–H and O–H groups in total. The number of aromatic amines is 1. The molecule has 0 atom stereocenters. The molecule has 1 amide bonds. The van der Waals surface area contributed by atoms with E-state index in [9.17, 15) is 9.59 Å². The minimum atomic E-state index is -0.256. The summed E-state index contributed by atoms with van der Waals surface area (Å²) in [6, 6.07) is 1.63. The first-order chi connectivity index (χ1) is 6.13. The number of nitrogens with zero attached hydrogens (tertiary/aromatic N) is 1. The number of amides is 1. The number of hydrogen-bond acceptors (Lipinski definition) is 2. The van der Waals surface area contributed by atoms with Crippen LogP contribution >= 0.6 is 0 Å². The van der Waals surface area contributed by atoms with Gasteiger partial charge < -0.3 is 0 Å². The third-order valence-corrected chi connectivity index (χ3v) is 1.62. The third-order valence-electron chi connectivity index (χ3n) is 1.62. The average molecular weight is 182 g/mol. The molecule has 0 aliphatic carbocycles. The number of carbonyl (C=O) groups excluding carboxylic acids is 1. The van der Waals surface area contributed by atoms with E-state index in [4.69, 9.17) is 0 Å². The molecule has 13 heavy (non-hydrogen) atoms. The first kappa shape index (κ1) is 9.44. The van der Waals surface area contributed by atoms with Crippen molar-refractivity contribution in [3.63, 3.8) is 0 Å². The highest BCUT2D eigenvalue weighted by atomic mass is 16.2. The van der Waals surface area contributed by atoms with E-state index in [1.54, 1.807) is 26.2 Å². The Balaban J connectivity index is 2.86. The summed E-state index contributed by atoms with van der Waals surface area (Å²) in [6.45, 7) is 1.75. The van der Waals surface area contributed by atoms with Crippen LogP contribution in [-0.2, 0) is 11.8 Å². The standard InChI is InChI=1S/C8H11N3O2/c1-3-7(12)9-6-4-5-11(2)8(13)10-6/h4-5H,3H2,1-2H3,(H,9,10,12,13)/p+1. The number of anilines is 1. The molecule has 0 saturated heterocycles. The average Bonchev–Trinajstić information content (AvgIpc) is 2.11. The van der Waals surface area contributed by atoms with Crippen LogP contribution in [0.1, 0.15) is 13.3 Å². The summed E-state index contributed by atoms with van der Waals surface area (Å²) in [5.74, 6) is 0.305. The minimum Gasteiger partial charge on any atom is -0.293 e. The second-order valence-electron chi connectivity index (χ2n) is 2.67. The lowest BCUT2D eigenvalue weighted by Gasteiger charge is -1.97. The number of aryl methyl sites for hydroxylation is 1. The number of rotatable bonds is 2. The van der Waals surface area contributed by atoms with Gasteiger partial charge in [-0.15, -0.1) is 0 Å². The van der Waals surface area contributed by atoms with Gasteiger partial charge in [0.05, 0.1) is 13.2 Å². The first-order valence-electron chi connectivity index (χ1n) is 4.02. The fourth-order valence-electron chi connectivity index (χ4n) is 0.811. The van der Waals surface area contributed by atoms with Gasteiger partial charge in [0, 0.05) is 12.5 Å². The van der Waals surface area contributed by atoms with Crippen LogP contribution in [0.15, 0.2) is 17.1 Å². The normalized spacial score (nSPS) is 9.69. The molecular formula is C8H12N3O2+. The van der Waals surface area contributed by atoms with Crippen LogP contribution in [0.25, 0.3) is 0 Å². The molecule has 0 aliphatic rings. The van der Waals surface area contributed by atoms with E-state index in [1.807, 2.05) is 0 Å².